The molecule has 0 aromatic carbocycles. The first kappa shape index (κ1) is 12.7. The lowest BCUT2D eigenvalue weighted by atomic mass is 9.84. The molecular weight excluding hydrogens is 156 g/mol. The van der Waals surface area contributed by atoms with Gasteiger partial charge in [0.05, 0.1) is 0 Å². The highest BCUT2D eigenvalue weighted by Crippen LogP contribution is 2.25. The summed E-state index contributed by atoms with van der Waals surface area (Å²) >= 11 is 0. The van der Waals surface area contributed by atoms with Gasteiger partial charge in [-0.25, -0.2) is 0 Å². The molecule has 0 nitrogen and oxygen atoms in total. The molecule has 0 rings (SSSR count). The molecule has 13 heavy (non-hydrogen) atoms. The largest absolute Gasteiger partial charge is 0.103 e. The van der Waals surface area contributed by atoms with Crippen molar-refractivity contribution in [1.29, 1.82) is 0 Å². The summed E-state index contributed by atoms with van der Waals surface area (Å²) in [5.41, 5.74) is 0. The molecule has 0 N–H and O–H groups in total. The molecule has 78 valence electrons. The summed E-state index contributed by atoms with van der Waals surface area (Å²) in [7, 11) is 0. The lowest BCUT2D eigenvalue weighted by Crippen LogP contribution is -2.10. The molecule has 0 amide bonds. The van der Waals surface area contributed by atoms with Gasteiger partial charge < -0.3 is 0 Å². The van der Waals surface area contributed by atoms with Crippen LogP contribution in [0.25, 0.3) is 0 Å². The Bertz CT molecular complexity index is 115. The third-order valence-electron chi connectivity index (χ3n) is 3.09. The number of hydrogen-bond acceptors (Lipinski definition) is 0. The molecule has 0 aliphatic heterocycles. The molecule has 0 saturated carbocycles. The molecule has 0 aliphatic rings. The summed E-state index contributed by atoms with van der Waals surface area (Å²) in [6, 6.07) is 0. The number of hydrogen-bond donors (Lipinski definition) is 0. The van der Waals surface area contributed by atoms with Crippen LogP contribution in [0, 0.1) is 11.8 Å². The highest BCUT2D eigenvalue weighted by Gasteiger charge is 2.13. The Morgan fingerprint density at radius 3 is 2.38 bits per heavy atom. The van der Waals surface area contributed by atoms with E-state index in [0.717, 1.165) is 11.8 Å². The van der Waals surface area contributed by atoms with E-state index in [9.17, 15) is 0 Å². The fourth-order valence-electron chi connectivity index (χ4n) is 1.94. The van der Waals surface area contributed by atoms with E-state index in [1.165, 1.54) is 38.5 Å². The van der Waals surface area contributed by atoms with Crippen LogP contribution in [0.3, 0.4) is 0 Å². The Balaban J connectivity index is 3.71. The molecule has 0 saturated heterocycles. The van der Waals surface area contributed by atoms with Crippen molar-refractivity contribution in [1.82, 2.24) is 0 Å². The number of rotatable bonds is 8. The van der Waals surface area contributed by atoms with E-state index < -0.39 is 0 Å². The second-order valence-corrected chi connectivity index (χ2v) is 4.15. The first-order valence-corrected chi connectivity index (χ1v) is 5.87. The lowest BCUT2D eigenvalue weighted by Gasteiger charge is -2.22. The van der Waals surface area contributed by atoms with Gasteiger partial charge >= 0.3 is 0 Å². The van der Waals surface area contributed by atoms with Crippen LogP contribution in [0.15, 0.2) is 12.7 Å². The summed E-state index contributed by atoms with van der Waals surface area (Å²) in [6.45, 7) is 10.8. The second-order valence-electron chi connectivity index (χ2n) is 4.15. The molecule has 0 aromatic heterocycles. The highest BCUT2D eigenvalue weighted by molar-refractivity contribution is 4.70. The van der Waals surface area contributed by atoms with Crippen LogP contribution >= 0.6 is 0 Å². The van der Waals surface area contributed by atoms with Crippen molar-refractivity contribution in [2.75, 3.05) is 0 Å². The summed E-state index contributed by atoms with van der Waals surface area (Å²) in [5.74, 6) is 1.86. The molecule has 2 unspecified atom stereocenters. The van der Waals surface area contributed by atoms with Crippen LogP contribution in [0.2, 0.25) is 0 Å². The minimum atomic E-state index is 0.907. The van der Waals surface area contributed by atoms with Crippen LogP contribution in [0.1, 0.15) is 59.3 Å². The molecule has 0 heteroatoms. The van der Waals surface area contributed by atoms with E-state index in [-0.39, 0.29) is 0 Å². The molecular formula is C13H26. The Hall–Kier alpha value is -0.260. The molecule has 0 aliphatic carbocycles. The summed E-state index contributed by atoms with van der Waals surface area (Å²) in [6.07, 6.45) is 10.0. The Morgan fingerprint density at radius 1 is 1.23 bits per heavy atom. The summed E-state index contributed by atoms with van der Waals surface area (Å²) < 4.78 is 0. The quantitative estimate of drug-likeness (QED) is 0.373. The van der Waals surface area contributed by atoms with Crippen LogP contribution in [0.4, 0.5) is 0 Å². The van der Waals surface area contributed by atoms with Crippen LogP contribution in [-0.4, -0.2) is 0 Å². The number of allylic oxidation sites excluding steroid dienone is 1. The molecule has 0 bridgehead atoms. The molecule has 0 radical (unpaired) electrons. The van der Waals surface area contributed by atoms with Crippen molar-refractivity contribution in [2.45, 2.75) is 59.3 Å². The maximum absolute atomic E-state index is 3.77. The number of unbranched alkanes of at least 4 members (excludes halogenated alkanes) is 1. The SMILES string of the molecule is C=CCCCC(CCC)C(C)CC. The third kappa shape index (κ3) is 5.90. The van der Waals surface area contributed by atoms with Crippen molar-refractivity contribution < 1.29 is 0 Å². The van der Waals surface area contributed by atoms with Gasteiger partial charge in [-0.15, -0.1) is 6.58 Å². The molecule has 0 aromatic rings. The average molecular weight is 182 g/mol. The van der Waals surface area contributed by atoms with Gasteiger partial charge in [-0.05, 0) is 31.1 Å². The summed E-state index contributed by atoms with van der Waals surface area (Å²) in [4.78, 5) is 0. The van der Waals surface area contributed by atoms with Gasteiger partial charge in [-0.3, -0.25) is 0 Å². The van der Waals surface area contributed by atoms with Gasteiger partial charge in [0, 0.05) is 0 Å². The zero-order chi connectivity index (χ0) is 10.1. The predicted molar refractivity (Wildman–Crippen MR) is 61.9 cm³/mol. The van der Waals surface area contributed by atoms with Crippen LogP contribution in [0.5, 0.6) is 0 Å². The Labute approximate surface area is 84.4 Å². The van der Waals surface area contributed by atoms with E-state index in [2.05, 4.69) is 27.4 Å². The molecule has 0 spiro atoms. The zero-order valence-corrected chi connectivity index (χ0v) is 9.68. The van der Waals surface area contributed by atoms with Crippen molar-refractivity contribution in [3.8, 4) is 0 Å². The fraction of sp³-hybridized carbons (Fsp3) is 0.846. The second kappa shape index (κ2) is 8.34. The van der Waals surface area contributed by atoms with Gasteiger partial charge in [-0.2, -0.15) is 0 Å². The van der Waals surface area contributed by atoms with E-state index in [1.807, 2.05) is 6.08 Å². The normalized spacial score (nSPS) is 15.3. The zero-order valence-electron chi connectivity index (χ0n) is 9.68. The standard InChI is InChI=1S/C13H26/c1-5-8-9-11-13(10-6-2)12(4)7-3/h5,12-13H,1,6-11H2,2-4H3. The molecule has 0 fully saturated rings. The Kier molecular flexibility index (Phi) is 8.18. The summed E-state index contributed by atoms with van der Waals surface area (Å²) in [5, 5.41) is 0. The van der Waals surface area contributed by atoms with Crippen LogP contribution in [-0.2, 0) is 0 Å². The van der Waals surface area contributed by atoms with Crippen molar-refractivity contribution in [3.63, 3.8) is 0 Å². The minimum absolute atomic E-state index is 0.907. The first-order chi connectivity index (χ1) is 6.26. The maximum Gasteiger partial charge on any atom is -0.0353 e. The monoisotopic (exact) mass is 182 g/mol. The van der Waals surface area contributed by atoms with E-state index in [1.54, 1.807) is 0 Å². The predicted octanol–water partition coefficient (Wildman–Crippen LogP) is 4.81. The van der Waals surface area contributed by atoms with Gasteiger partial charge in [0.2, 0.25) is 0 Å². The van der Waals surface area contributed by atoms with Crippen molar-refractivity contribution >= 4 is 0 Å². The van der Waals surface area contributed by atoms with E-state index in [0.29, 0.717) is 0 Å². The topological polar surface area (TPSA) is 0 Å². The highest BCUT2D eigenvalue weighted by atomic mass is 14.2. The van der Waals surface area contributed by atoms with Gasteiger partial charge in [0.1, 0.15) is 0 Å². The fourth-order valence-corrected chi connectivity index (χ4v) is 1.94. The molecule has 0 heterocycles. The molecule has 2 atom stereocenters. The van der Waals surface area contributed by atoms with Gasteiger partial charge in [0.15, 0.2) is 0 Å². The lowest BCUT2D eigenvalue weighted by molar-refractivity contribution is 0.299. The van der Waals surface area contributed by atoms with E-state index in [4.69, 9.17) is 0 Å². The minimum Gasteiger partial charge on any atom is -0.103 e. The van der Waals surface area contributed by atoms with E-state index >= 15 is 0 Å². The smallest absolute Gasteiger partial charge is 0.0353 e. The average Bonchev–Trinajstić information content (AvgIpc) is 2.16. The van der Waals surface area contributed by atoms with Crippen molar-refractivity contribution in [2.24, 2.45) is 11.8 Å². The van der Waals surface area contributed by atoms with Crippen LogP contribution < -0.4 is 0 Å². The maximum atomic E-state index is 3.77. The van der Waals surface area contributed by atoms with Gasteiger partial charge in [-0.1, -0.05) is 46.1 Å². The Morgan fingerprint density at radius 2 is 1.92 bits per heavy atom. The third-order valence-corrected chi connectivity index (χ3v) is 3.09. The first-order valence-electron chi connectivity index (χ1n) is 5.87. The van der Waals surface area contributed by atoms with Gasteiger partial charge in [0.25, 0.3) is 0 Å². The van der Waals surface area contributed by atoms with Crippen molar-refractivity contribution in [3.05, 3.63) is 12.7 Å².